The van der Waals surface area contributed by atoms with Gasteiger partial charge in [-0.15, -0.1) is 0 Å². The van der Waals surface area contributed by atoms with Gasteiger partial charge in [0.25, 0.3) is 5.91 Å². The van der Waals surface area contributed by atoms with Crippen LogP contribution in [-0.2, 0) is 4.79 Å². The lowest BCUT2D eigenvalue weighted by atomic mass is 9.97. The summed E-state index contributed by atoms with van der Waals surface area (Å²) in [6.45, 7) is 10.3. The Bertz CT molecular complexity index is 843. The maximum atomic E-state index is 12.3. The number of aryl methyl sites for hydroxylation is 2. The fourth-order valence-corrected chi connectivity index (χ4v) is 3.04. The molecule has 3 rings (SSSR count). The van der Waals surface area contributed by atoms with Crippen molar-refractivity contribution in [3.63, 3.8) is 0 Å². The summed E-state index contributed by atoms with van der Waals surface area (Å²) in [7, 11) is 1.78. The Balaban J connectivity index is 1.90. The molecule has 1 unspecified atom stereocenters. The van der Waals surface area contributed by atoms with Crippen LogP contribution >= 0.6 is 0 Å². The van der Waals surface area contributed by atoms with E-state index in [9.17, 15) is 4.79 Å². The Hall–Kier alpha value is -2.61. The van der Waals surface area contributed by atoms with E-state index in [1.807, 2.05) is 13.0 Å². The van der Waals surface area contributed by atoms with Gasteiger partial charge in [-0.3, -0.25) is 4.79 Å². The number of hydrogen-bond donors (Lipinski definition) is 0. The summed E-state index contributed by atoms with van der Waals surface area (Å²) < 4.78 is 0. The van der Waals surface area contributed by atoms with E-state index >= 15 is 0 Å². The third kappa shape index (κ3) is 2.80. The Morgan fingerprint density at radius 3 is 2.17 bits per heavy atom. The standard InChI is InChI=1S/C22H23NO/c1-14-6-9-20(12-15(14)2)19-10-7-18(8-11-19)13-21-16(3)17(4)23(5)22(21)24/h6-13,16H,4H2,1-3,5H3/b21-13-. The minimum Gasteiger partial charge on any atom is -0.315 e. The molecule has 0 aliphatic carbocycles. The van der Waals surface area contributed by atoms with E-state index < -0.39 is 0 Å². The molecule has 0 spiro atoms. The van der Waals surface area contributed by atoms with Gasteiger partial charge in [0, 0.05) is 24.2 Å². The molecule has 0 saturated carbocycles. The first-order valence-corrected chi connectivity index (χ1v) is 8.24. The lowest BCUT2D eigenvalue weighted by Crippen LogP contribution is -2.17. The second-order valence-corrected chi connectivity index (χ2v) is 6.60. The van der Waals surface area contributed by atoms with Gasteiger partial charge in [0.1, 0.15) is 0 Å². The average Bonchev–Trinajstić information content (AvgIpc) is 2.76. The first-order chi connectivity index (χ1) is 11.4. The lowest BCUT2D eigenvalue weighted by molar-refractivity contribution is -0.122. The van der Waals surface area contributed by atoms with Gasteiger partial charge in [-0.25, -0.2) is 0 Å². The van der Waals surface area contributed by atoms with E-state index in [2.05, 4.69) is 62.9 Å². The molecule has 122 valence electrons. The number of carbonyl (C=O) groups is 1. The van der Waals surface area contributed by atoms with Gasteiger partial charge in [-0.1, -0.05) is 56.0 Å². The molecule has 1 aliphatic heterocycles. The molecule has 2 aromatic carbocycles. The third-order valence-electron chi connectivity index (χ3n) is 5.02. The molecule has 1 amide bonds. The Morgan fingerprint density at radius 2 is 1.62 bits per heavy atom. The first-order valence-electron chi connectivity index (χ1n) is 8.24. The number of nitrogens with zero attached hydrogens (tertiary/aromatic N) is 1. The SMILES string of the molecule is C=C1C(C)/C(=C/c2ccc(-c3ccc(C)c(C)c3)cc2)C(=O)N1C. The maximum Gasteiger partial charge on any atom is 0.254 e. The topological polar surface area (TPSA) is 20.3 Å². The second-order valence-electron chi connectivity index (χ2n) is 6.60. The fraction of sp³-hybridized carbons (Fsp3) is 0.227. The second kappa shape index (κ2) is 6.12. The third-order valence-corrected chi connectivity index (χ3v) is 5.02. The Morgan fingerprint density at radius 1 is 1.00 bits per heavy atom. The first kappa shape index (κ1) is 16.3. The predicted octanol–water partition coefficient (Wildman–Crippen LogP) is 4.98. The van der Waals surface area contributed by atoms with Crippen LogP contribution in [0.4, 0.5) is 0 Å². The van der Waals surface area contributed by atoms with Crippen molar-refractivity contribution in [2.24, 2.45) is 5.92 Å². The van der Waals surface area contributed by atoms with Crippen molar-refractivity contribution in [3.05, 3.63) is 77.0 Å². The molecule has 1 saturated heterocycles. The van der Waals surface area contributed by atoms with Crippen molar-refractivity contribution in [2.75, 3.05) is 7.05 Å². The van der Waals surface area contributed by atoms with Crippen LogP contribution in [0, 0.1) is 19.8 Å². The van der Waals surface area contributed by atoms with E-state index in [0.29, 0.717) is 0 Å². The van der Waals surface area contributed by atoms with Crippen molar-refractivity contribution in [1.29, 1.82) is 0 Å². The van der Waals surface area contributed by atoms with Gasteiger partial charge >= 0.3 is 0 Å². The molecule has 0 aromatic heterocycles. The summed E-state index contributed by atoms with van der Waals surface area (Å²) in [5.74, 6) is 0.118. The van der Waals surface area contributed by atoms with E-state index in [4.69, 9.17) is 0 Å². The predicted molar refractivity (Wildman–Crippen MR) is 100 cm³/mol. The summed E-state index contributed by atoms with van der Waals surface area (Å²) >= 11 is 0. The molecule has 1 heterocycles. The molecule has 2 heteroatoms. The zero-order chi connectivity index (χ0) is 17.4. The molecule has 0 radical (unpaired) electrons. The van der Waals surface area contributed by atoms with Gasteiger partial charge in [0.05, 0.1) is 0 Å². The highest BCUT2D eigenvalue weighted by Crippen LogP contribution is 2.32. The van der Waals surface area contributed by atoms with Crippen molar-refractivity contribution < 1.29 is 4.79 Å². The van der Waals surface area contributed by atoms with E-state index in [-0.39, 0.29) is 11.8 Å². The van der Waals surface area contributed by atoms with Crippen LogP contribution in [0.2, 0.25) is 0 Å². The summed E-state index contributed by atoms with van der Waals surface area (Å²) in [4.78, 5) is 13.9. The van der Waals surface area contributed by atoms with Gasteiger partial charge in [0.2, 0.25) is 0 Å². The minimum atomic E-state index is 0.0470. The van der Waals surface area contributed by atoms with E-state index in [1.54, 1.807) is 11.9 Å². The fourth-order valence-electron chi connectivity index (χ4n) is 3.04. The maximum absolute atomic E-state index is 12.3. The molecule has 2 nitrogen and oxygen atoms in total. The van der Waals surface area contributed by atoms with Crippen LogP contribution in [0.15, 0.2) is 60.3 Å². The van der Waals surface area contributed by atoms with Crippen LogP contribution < -0.4 is 0 Å². The number of allylic oxidation sites excluding steroid dienone is 1. The van der Waals surface area contributed by atoms with Crippen LogP contribution in [0.5, 0.6) is 0 Å². The van der Waals surface area contributed by atoms with Crippen molar-refractivity contribution in [3.8, 4) is 11.1 Å². The smallest absolute Gasteiger partial charge is 0.254 e. The Labute approximate surface area is 144 Å². The van der Waals surface area contributed by atoms with E-state index in [0.717, 1.165) is 16.8 Å². The van der Waals surface area contributed by atoms with Crippen molar-refractivity contribution >= 4 is 12.0 Å². The number of benzene rings is 2. The highest BCUT2D eigenvalue weighted by Gasteiger charge is 2.33. The summed E-state index contributed by atoms with van der Waals surface area (Å²) in [6, 6.07) is 14.9. The van der Waals surface area contributed by atoms with Gasteiger partial charge in [-0.2, -0.15) is 0 Å². The molecule has 1 aliphatic rings. The molecule has 0 N–H and O–H groups in total. The summed E-state index contributed by atoms with van der Waals surface area (Å²) in [5.41, 5.74) is 7.72. The van der Waals surface area contributed by atoms with Crippen LogP contribution in [-0.4, -0.2) is 17.9 Å². The minimum absolute atomic E-state index is 0.0470. The number of likely N-dealkylation sites (tertiary alicyclic amines) is 1. The van der Waals surface area contributed by atoms with Crippen LogP contribution in [0.3, 0.4) is 0 Å². The number of amides is 1. The number of rotatable bonds is 2. The number of carbonyl (C=O) groups excluding carboxylic acids is 1. The summed E-state index contributed by atoms with van der Waals surface area (Å²) in [5, 5.41) is 0. The molecule has 1 atom stereocenters. The van der Waals surface area contributed by atoms with E-state index in [1.165, 1.54) is 22.3 Å². The average molecular weight is 317 g/mol. The normalized spacial score (nSPS) is 19.4. The quantitative estimate of drug-likeness (QED) is 0.716. The molecule has 24 heavy (non-hydrogen) atoms. The van der Waals surface area contributed by atoms with Crippen LogP contribution in [0.25, 0.3) is 17.2 Å². The molecular weight excluding hydrogens is 294 g/mol. The molecule has 1 fully saturated rings. The number of hydrogen-bond acceptors (Lipinski definition) is 1. The van der Waals surface area contributed by atoms with Crippen LogP contribution in [0.1, 0.15) is 23.6 Å². The van der Waals surface area contributed by atoms with Crippen molar-refractivity contribution in [1.82, 2.24) is 4.90 Å². The highest BCUT2D eigenvalue weighted by molar-refractivity contribution is 6.02. The lowest BCUT2D eigenvalue weighted by Gasteiger charge is -2.08. The van der Waals surface area contributed by atoms with Crippen molar-refractivity contribution in [2.45, 2.75) is 20.8 Å². The highest BCUT2D eigenvalue weighted by atomic mass is 16.2. The zero-order valence-corrected chi connectivity index (χ0v) is 14.8. The summed E-state index contributed by atoms with van der Waals surface area (Å²) in [6.07, 6.45) is 1.98. The largest absolute Gasteiger partial charge is 0.315 e. The van der Waals surface area contributed by atoms with Gasteiger partial charge < -0.3 is 4.90 Å². The molecule has 2 aromatic rings. The van der Waals surface area contributed by atoms with Gasteiger partial charge in [-0.05, 0) is 47.7 Å². The Kier molecular flexibility index (Phi) is 4.15. The molecule has 0 bridgehead atoms. The van der Waals surface area contributed by atoms with Gasteiger partial charge in [0.15, 0.2) is 0 Å². The zero-order valence-electron chi connectivity index (χ0n) is 14.8. The number of likely N-dealkylation sites (N-methyl/N-ethyl adjacent to an activating group) is 1. The molecular formula is C22H23NO. The monoisotopic (exact) mass is 317 g/mol.